The Balaban J connectivity index is 0. The van der Waals surface area contributed by atoms with Crippen LogP contribution < -0.4 is 39.3 Å². The maximum absolute atomic E-state index is 8.89. The molecule has 0 aromatic heterocycles. The third kappa shape index (κ3) is 3.60. The second-order valence-corrected chi connectivity index (χ2v) is 4.39. The zero-order valence-corrected chi connectivity index (χ0v) is 13.0. The van der Waals surface area contributed by atoms with Crippen molar-refractivity contribution >= 4 is 0 Å². The van der Waals surface area contributed by atoms with E-state index in [1.54, 1.807) is 6.07 Å². The molecule has 1 aromatic rings. The fourth-order valence-corrected chi connectivity index (χ4v) is 1.86. The molecule has 1 rings (SSSR count). The van der Waals surface area contributed by atoms with E-state index in [0.29, 0.717) is 5.92 Å². The van der Waals surface area contributed by atoms with E-state index in [4.69, 9.17) is 10.5 Å². The molecule has 0 spiro atoms. The van der Waals surface area contributed by atoms with Crippen LogP contribution in [0.5, 0.6) is 11.5 Å². The van der Waals surface area contributed by atoms with E-state index in [9.17, 15) is 0 Å². The van der Waals surface area contributed by atoms with Crippen molar-refractivity contribution in [1.29, 1.82) is 0 Å². The summed E-state index contributed by atoms with van der Waals surface area (Å²) in [4.78, 5) is 8.51. The van der Waals surface area contributed by atoms with Gasteiger partial charge >= 0.3 is 29.6 Å². The van der Waals surface area contributed by atoms with E-state index in [1.165, 1.54) is 0 Å². The summed E-state index contributed by atoms with van der Waals surface area (Å²) in [5, 5.41) is 17.6. The molecule has 0 amide bonds. The van der Waals surface area contributed by atoms with E-state index >= 15 is 0 Å². The van der Waals surface area contributed by atoms with Crippen LogP contribution >= 0.6 is 0 Å². The second-order valence-electron chi connectivity index (χ2n) is 4.39. The quantitative estimate of drug-likeness (QED) is 0.470. The molecule has 0 radical (unpaired) electrons. The Morgan fingerprint density at radius 2 is 1.59 bits per heavy atom. The summed E-state index contributed by atoms with van der Waals surface area (Å²) < 4.78 is 0. The molecule has 92 valence electrons. The molecule has 0 aliphatic carbocycles. The van der Waals surface area contributed by atoms with Gasteiger partial charge in [-0.25, -0.2) is 10.5 Å². The van der Waals surface area contributed by atoms with Gasteiger partial charge in [0.25, 0.3) is 0 Å². The van der Waals surface area contributed by atoms with Gasteiger partial charge in [-0.2, -0.15) is 0 Å². The van der Waals surface area contributed by atoms with Crippen LogP contribution in [0.1, 0.15) is 52.1 Å². The van der Waals surface area contributed by atoms with Gasteiger partial charge in [0.2, 0.25) is 11.5 Å². The smallest absolute Gasteiger partial charge is 1.00 e. The summed E-state index contributed by atoms with van der Waals surface area (Å²) in [5.74, 6) is 0.771. The van der Waals surface area contributed by atoms with Crippen LogP contribution in [0.25, 0.3) is 0 Å². The third-order valence-corrected chi connectivity index (χ3v) is 2.58. The fraction of sp³-hybridized carbons (Fsp3) is 0.500. The first-order valence-electron chi connectivity index (χ1n) is 5.32. The van der Waals surface area contributed by atoms with Crippen molar-refractivity contribution in [2.45, 2.75) is 39.5 Å². The molecule has 0 saturated heterocycles. The molecular weight excluding hydrogens is 231 g/mol. The van der Waals surface area contributed by atoms with Crippen LogP contribution in [-0.4, -0.2) is 10.5 Å². The van der Waals surface area contributed by atoms with Gasteiger partial charge in [0.1, 0.15) is 0 Å². The van der Waals surface area contributed by atoms with Crippen molar-refractivity contribution in [3.05, 3.63) is 23.3 Å². The van der Waals surface area contributed by atoms with Crippen molar-refractivity contribution in [1.82, 2.24) is 0 Å². The van der Waals surface area contributed by atoms with E-state index in [-0.39, 0.29) is 48.4 Å². The van der Waals surface area contributed by atoms with E-state index < -0.39 is 0 Å². The number of hydrogen-bond donors (Lipinski definition) is 2. The summed E-state index contributed by atoms with van der Waals surface area (Å²) in [6, 6.07) is 3.45. The topological polar surface area (TPSA) is 58.9 Å². The molecule has 4 nitrogen and oxygen atoms in total. The summed E-state index contributed by atoms with van der Waals surface area (Å²) in [7, 11) is 0. The monoisotopic (exact) mass is 250 g/mol. The summed E-state index contributed by atoms with van der Waals surface area (Å²) in [6.07, 6.45) is 0. The zero-order valence-electron chi connectivity index (χ0n) is 12.0. The first-order valence-corrected chi connectivity index (χ1v) is 5.32. The third-order valence-electron chi connectivity index (χ3n) is 2.58. The van der Waals surface area contributed by atoms with Crippen molar-refractivity contribution in [3.63, 3.8) is 0 Å². The molecule has 2 N–H and O–H groups in total. The minimum absolute atomic E-state index is 0. The zero-order chi connectivity index (χ0) is 12.3. The molecule has 1 aromatic carbocycles. The predicted octanol–water partition coefficient (Wildman–Crippen LogP) is 0.753. The average molecular weight is 250 g/mol. The van der Waals surface area contributed by atoms with Crippen LogP contribution in [0.2, 0.25) is 0 Å². The Morgan fingerprint density at radius 1 is 1.00 bits per heavy atom. The Bertz CT molecular complexity index is 369. The predicted molar refractivity (Wildman–Crippen MR) is 62.2 cm³/mol. The van der Waals surface area contributed by atoms with Gasteiger partial charge in [-0.15, -0.1) is 0 Å². The minimum atomic E-state index is 0. The molecular formula is C12H19NaO4. The fourth-order valence-electron chi connectivity index (χ4n) is 1.86. The van der Waals surface area contributed by atoms with Crippen molar-refractivity contribution in [2.24, 2.45) is 0 Å². The van der Waals surface area contributed by atoms with Crippen molar-refractivity contribution < 1.29 is 51.3 Å². The van der Waals surface area contributed by atoms with E-state index in [0.717, 1.165) is 11.1 Å². The molecule has 0 saturated carbocycles. The molecule has 0 bridgehead atoms. The SMILES string of the molecule is CC(C)c1ccc(OO)c(OO)c1C(C)C.[H-].[Na+]. The molecule has 0 fully saturated rings. The molecule has 17 heavy (non-hydrogen) atoms. The first kappa shape index (κ1) is 16.7. The molecule has 0 unspecified atom stereocenters. The molecule has 0 atom stereocenters. The largest absolute Gasteiger partial charge is 1.00 e. The molecule has 0 aliphatic rings. The maximum atomic E-state index is 8.89. The van der Waals surface area contributed by atoms with Gasteiger partial charge in [0.15, 0.2) is 0 Å². The van der Waals surface area contributed by atoms with Crippen LogP contribution in [0.3, 0.4) is 0 Å². The van der Waals surface area contributed by atoms with Crippen LogP contribution in [-0.2, 0) is 0 Å². The molecule has 0 aliphatic heterocycles. The number of rotatable bonds is 4. The van der Waals surface area contributed by atoms with Crippen LogP contribution in [0.4, 0.5) is 0 Å². The van der Waals surface area contributed by atoms with E-state index in [1.807, 2.05) is 19.9 Å². The Morgan fingerprint density at radius 3 is 1.94 bits per heavy atom. The second kappa shape index (κ2) is 7.24. The summed E-state index contributed by atoms with van der Waals surface area (Å²) in [6.45, 7) is 8.10. The van der Waals surface area contributed by atoms with Gasteiger partial charge in [-0.3, -0.25) is 0 Å². The van der Waals surface area contributed by atoms with E-state index in [2.05, 4.69) is 23.6 Å². The van der Waals surface area contributed by atoms with Gasteiger partial charge < -0.3 is 11.2 Å². The van der Waals surface area contributed by atoms with Crippen molar-refractivity contribution in [3.8, 4) is 11.5 Å². The number of benzene rings is 1. The Hall–Kier alpha value is -0.260. The van der Waals surface area contributed by atoms with Gasteiger partial charge in [0.05, 0.1) is 0 Å². The molecule has 5 heteroatoms. The van der Waals surface area contributed by atoms with Crippen LogP contribution in [0.15, 0.2) is 12.1 Å². The van der Waals surface area contributed by atoms with Gasteiger partial charge in [-0.1, -0.05) is 33.8 Å². The molecule has 0 heterocycles. The normalized spacial score (nSPS) is 10.4. The van der Waals surface area contributed by atoms with Crippen molar-refractivity contribution in [2.75, 3.05) is 0 Å². The summed E-state index contributed by atoms with van der Waals surface area (Å²) in [5.41, 5.74) is 1.92. The van der Waals surface area contributed by atoms with Gasteiger partial charge in [-0.05, 0) is 23.5 Å². The summed E-state index contributed by atoms with van der Waals surface area (Å²) >= 11 is 0. The number of hydrogen-bond acceptors (Lipinski definition) is 4. The standard InChI is InChI=1S/C12H18O4.Na.H/c1-7(2)9-5-6-10(15-13)12(16-14)11(9)8(3)4;;/h5-8,13-14H,1-4H3;;/q;+1;-1. The first-order chi connectivity index (χ1) is 7.52. The minimum Gasteiger partial charge on any atom is -1.00 e. The Labute approximate surface area is 125 Å². The van der Waals surface area contributed by atoms with Gasteiger partial charge in [0, 0.05) is 5.56 Å². The van der Waals surface area contributed by atoms with Crippen LogP contribution in [0, 0.1) is 0 Å². The average Bonchev–Trinajstić information content (AvgIpc) is 2.26. The Kier molecular flexibility index (Phi) is 7.13. The maximum Gasteiger partial charge on any atom is 1.00 e.